The van der Waals surface area contributed by atoms with Gasteiger partial charge in [0, 0.05) is 49.2 Å². The fraction of sp³-hybridized carbons (Fsp3) is 0.426. The maximum atomic E-state index is 12.9. The summed E-state index contributed by atoms with van der Waals surface area (Å²) in [6, 6.07) is 23.5. The number of carbonyl (C=O) groups excluding carboxylic acids is 7. The number of likely N-dealkylation sites (tertiary alicyclic amines) is 1. The number of imide groups is 2. The molecule has 6 aliphatic heterocycles. The molecule has 0 spiro atoms. The lowest BCUT2D eigenvalue weighted by Crippen LogP contribution is -2.52. The summed E-state index contributed by atoms with van der Waals surface area (Å²) in [5, 5.41) is 8.07. The molecular weight excluding hydrogens is 880 g/mol. The molecule has 4 aromatic carbocycles. The van der Waals surface area contributed by atoms with Crippen molar-refractivity contribution in [3.8, 4) is 0 Å². The largest absolute Gasteiger partial charge is 0.322 e. The number of fused-ring (bicyclic) bond motifs is 2. The Bertz CT molecular complexity index is 2560. The smallest absolute Gasteiger partial charge is 0.255 e. The van der Waals surface area contributed by atoms with Crippen molar-refractivity contribution >= 4 is 54.1 Å². The fourth-order valence-electron chi connectivity index (χ4n) is 10.6. The van der Waals surface area contributed by atoms with Crippen LogP contribution < -0.4 is 16.0 Å². The number of hydrogen-bond acceptors (Lipinski definition) is 9. The van der Waals surface area contributed by atoms with E-state index in [9.17, 15) is 33.6 Å². The molecule has 0 bridgehead atoms. The van der Waals surface area contributed by atoms with Crippen molar-refractivity contribution in [3.63, 3.8) is 0 Å². The van der Waals surface area contributed by atoms with Gasteiger partial charge >= 0.3 is 0 Å². The predicted octanol–water partition coefficient (Wildman–Crippen LogP) is 6.90. The van der Waals surface area contributed by atoms with Crippen LogP contribution in [0.25, 0.3) is 0 Å². The van der Waals surface area contributed by atoms with Crippen molar-refractivity contribution in [3.05, 3.63) is 140 Å². The monoisotopic (exact) mass is 942 g/mol. The number of benzene rings is 4. The molecule has 68 heavy (non-hydrogen) atoms. The van der Waals surface area contributed by atoms with E-state index in [0.717, 1.165) is 92.5 Å². The maximum Gasteiger partial charge on any atom is 0.255 e. The highest BCUT2D eigenvalue weighted by molar-refractivity contribution is 6.06. The molecule has 13 nitrogen and oxygen atoms in total. The molecule has 4 saturated heterocycles. The molecule has 358 valence electrons. The second kappa shape index (κ2) is 21.9. The average Bonchev–Trinajstić information content (AvgIpc) is 3.83. The van der Waals surface area contributed by atoms with Crippen LogP contribution in [0.3, 0.4) is 0 Å². The van der Waals surface area contributed by atoms with E-state index in [-0.39, 0.29) is 60.7 Å². The van der Waals surface area contributed by atoms with Crippen LogP contribution in [0, 0.1) is 27.7 Å². The molecule has 3 N–H and O–H groups in total. The summed E-state index contributed by atoms with van der Waals surface area (Å²) in [5.41, 5.74) is 13.1. The van der Waals surface area contributed by atoms with Gasteiger partial charge in [0.05, 0.1) is 0 Å². The fourth-order valence-corrected chi connectivity index (χ4v) is 10.6. The third kappa shape index (κ3) is 11.0. The molecule has 6 heterocycles. The minimum atomic E-state index is -0.556. The first kappa shape index (κ1) is 49.9. The van der Waals surface area contributed by atoms with Crippen molar-refractivity contribution in [2.45, 2.75) is 123 Å². The Morgan fingerprint density at radius 3 is 1.44 bits per heavy atom. The van der Waals surface area contributed by atoms with Crippen molar-refractivity contribution in [2.75, 3.05) is 26.2 Å². The van der Waals surface area contributed by atoms with Crippen LogP contribution in [-0.2, 0) is 38.8 Å². The van der Waals surface area contributed by atoms with E-state index in [4.69, 9.17) is 0 Å². The zero-order chi connectivity index (χ0) is 47.4. The summed E-state index contributed by atoms with van der Waals surface area (Å²) in [6.07, 6.45) is 6.72. The molecule has 0 aliphatic carbocycles. The summed E-state index contributed by atoms with van der Waals surface area (Å²) in [5.74, 6) is -0.401. The van der Waals surface area contributed by atoms with Crippen LogP contribution in [0.1, 0.15) is 144 Å². The third-order valence-electron chi connectivity index (χ3n) is 14.7. The highest BCUT2D eigenvalue weighted by atomic mass is 35.5. The number of rotatable bonds is 7. The first-order valence-corrected chi connectivity index (χ1v) is 23.8. The van der Waals surface area contributed by atoms with Gasteiger partial charge in [-0.1, -0.05) is 60.7 Å². The maximum absolute atomic E-state index is 12.9. The number of aryl methyl sites for hydroxylation is 4. The molecule has 6 aliphatic rings. The van der Waals surface area contributed by atoms with E-state index in [1.54, 1.807) is 9.80 Å². The molecule has 4 aromatic rings. The Hall–Kier alpha value is -6.02. The van der Waals surface area contributed by atoms with Gasteiger partial charge in [0.2, 0.25) is 23.6 Å². The highest BCUT2D eigenvalue weighted by Gasteiger charge is 2.41. The van der Waals surface area contributed by atoms with Crippen molar-refractivity contribution in [2.24, 2.45) is 0 Å². The summed E-state index contributed by atoms with van der Waals surface area (Å²) in [4.78, 5) is 89.0. The minimum Gasteiger partial charge on any atom is -0.322 e. The Balaban J connectivity index is 0.000000170. The topological polar surface area (TPSA) is 165 Å². The summed E-state index contributed by atoms with van der Waals surface area (Å²) >= 11 is 0. The Labute approximate surface area is 405 Å². The molecule has 0 aromatic heterocycles. The van der Waals surface area contributed by atoms with Crippen LogP contribution in [0.15, 0.2) is 72.8 Å². The first-order chi connectivity index (χ1) is 32.3. The number of nitrogens with one attached hydrogen (secondary N) is 3. The molecule has 2 atom stereocenters. The standard InChI is InChI=1S/C27H31N3O3.C18H21N3O3.C9H10O.ClH/c1-17-4-3-5-18(2)23(17)16-29-12-10-19(11-13-29)20-6-7-22-21(14-20)15-30(27(22)33)24-8-9-25(31)28-26(24)32;22-16-4-3-15(17(23)20-16)21-10-13-9-12(1-2-14(13)18(21)24)11-5-7-19-8-6-11;1-7-4-3-5-8(2)9(7)6-10;/h3-7,14,19,24H,8-13,15-16H2,1-2H3,(H,28,31,32);1-2,9,11,15,19H,3-8,10H2,(H,20,22,23);3-6H,1-2H3;1H. The molecule has 2 unspecified atom stereocenters. The van der Waals surface area contributed by atoms with Crippen LogP contribution in [0.5, 0.6) is 0 Å². The van der Waals surface area contributed by atoms with Crippen molar-refractivity contribution in [1.29, 1.82) is 0 Å². The lowest BCUT2D eigenvalue weighted by atomic mass is 9.87. The van der Waals surface area contributed by atoms with Crippen LogP contribution in [-0.4, -0.2) is 94.7 Å². The molecular formula is C54H63ClN6O7. The summed E-state index contributed by atoms with van der Waals surface area (Å²) in [6.45, 7) is 14.4. The van der Waals surface area contributed by atoms with Gasteiger partial charge in [0.25, 0.3) is 11.8 Å². The van der Waals surface area contributed by atoms with Gasteiger partial charge in [-0.2, -0.15) is 0 Å². The number of piperidine rings is 4. The van der Waals surface area contributed by atoms with Gasteiger partial charge in [0.15, 0.2) is 6.29 Å². The van der Waals surface area contributed by atoms with E-state index in [1.165, 1.54) is 27.8 Å². The normalized spacial score (nSPS) is 20.8. The quantitative estimate of drug-likeness (QED) is 0.132. The van der Waals surface area contributed by atoms with E-state index >= 15 is 0 Å². The lowest BCUT2D eigenvalue weighted by molar-refractivity contribution is -0.138. The molecule has 14 heteroatoms. The Kier molecular flexibility index (Phi) is 16.1. The minimum absolute atomic E-state index is 0. The number of hydrogen-bond donors (Lipinski definition) is 3. The van der Waals surface area contributed by atoms with E-state index < -0.39 is 12.1 Å². The van der Waals surface area contributed by atoms with E-state index in [0.29, 0.717) is 48.9 Å². The first-order valence-electron chi connectivity index (χ1n) is 23.8. The molecule has 10 rings (SSSR count). The number of amides is 6. The lowest BCUT2D eigenvalue weighted by Gasteiger charge is -2.33. The number of aldehydes is 1. The molecule has 4 fully saturated rings. The number of nitrogens with zero attached hydrogens (tertiary/aromatic N) is 3. The van der Waals surface area contributed by atoms with Crippen LogP contribution >= 0.6 is 12.4 Å². The van der Waals surface area contributed by atoms with Gasteiger partial charge in [-0.05, 0) is 166 Å². The zero-order valence-electron chi connectivity index (χ0n) is 39.5. The second-order valence-electron chi connectivity index (χ2n) is 19.0. The average molecular weight is 944 g/mol. The predicted molar refractivity (Wildman–Crippen MR) is 262 cm³/mol. The zero-order valence-corrected chi connectivity index (χ0v) is 40.3. The van der Waals surface area contributed by atoms with Crippen LogP contribution in [0.2, 0.25) is 0 Å². The van der Waals surface area contributed by atoms with Gasteiger partial charge in [-0.25, -0.2) is 0 Å². The van der Waals surface area contributed by atoms with Crippen molar-refractivity contribution in [1.82, 2.24) is 30.7 Å². The van der Waals surface area contributed by atoms with Gasteiger partial charge in [0.1, 0.15) is 12.1 Å². The van der Waals surface area contributed by atoms with Gasteiger partial charge < -0.3 is 15.1 Å². The third-order valence-corrected chi connectivity index (χ3v) is 14.7. The highest BCUT2D eigenvalue weighted by Crippen LogP contribution is 2.35. The Morgan fingerprint density at radius 1 is 0.574 bits per heavy atom. The molecule has 6 amide bonds. The van der Waals surface area contributed by atoms with Gasteiger partial charge in [-0.3, -0.25) is 49.1 Å². The molecule has 0 saturated carbocycles. The summed E-state index contributed by atoms with van der Waals surface area (Å²) < 4.78 is 0. The molecule has 0 radical (unpaired) electrons. The van der Waals surface area contributed by atoms with E-state index in [1.807, 2.05) is 44.2 Å². The summed E-state index contributed by atoms with van der Waals surface area (Å²) in [7, 11) is 0. The Morgan fingerprint density at radius 2 is 1.01 bits per heavy atom. The number of halogens is 1. The SMILES string of the molecule is Cc1cccc(C)c1C=O.Cc1cccc(C)c1CN1CCC(c2ccc3c(c2)CN(C2CCC(=O)NC2=O)C3=O)CC1.Cl.O=C1CCC(N2Cc3cc(C4CCNCC4)ccc3C2=O)C(=O)N1. The second-order valence-corrected chi connectivity index (χ2v) is 19.0. The van der Waals surface area contributed by atoms with E-state index in [2.05, 4.69) is 77.2 Å². The van der Waals surface area contributed by atoms with Crippen molar-refractivity contribution < 1.29 is 33.6 Å². The van der Waals surface area contributed by atoms with Gasteiger partial charge in [-0.15, -0.1) is 12.4 Å². The van der Waals surface area contributed by atoms with Crippen LogP contribution in [0.4, 0.5) is 0 Å². The number of carbonyl (C=O) groups is 7.